The van der Waals surface area contributed by atoms with E-state index in [1.54, 1.807) is 24.3 Å². The van der Waals surface area contributed by atoms with E-state index in [9.17, 15) is 13.2 Å². The first-order chi connectivity index (χ1) is 7.47. The van der Waals surface area contributed by atoms with Crippen molar-refractivity contribution in [2.45, 2.75) is 6.54 Å². The van der Waals surface area contributed by atoms with E-state index in [4.69, 9.17) is 5.73 Å². The highest BCUT2D eigenvalue weighted by molar-refractivity contribution is 7.88. The van der Waals surface area contributed by atoms with E-state index in [1.165, 1.54) is 0 Å². The average molecular weight is 241 g/mol. The maximum absolute atomic E-state index is 11.4. The molecule has 1 amide bonds. The third-order valence-corrected chi connectivity index (χ3v) is 3.66. The lowest BCUT2D eigenvalue weighted by Gasteiger charge is -2.11. The van der Waals surface area contributed by atoms with E-state index in [0.717, 1.165) is 9.87 Å². The summed E-state index contributed by atoms with van der Waals surface area (Å²) in [6.07, 6.45) is 0. The van der Waals surface area contributed by atoms with Crippen molar-refractivity contribution in [3.05, 3.63) is 29.8 Å². The minimum Gasteiger partial charge on any atom is -0.399 e. The Kier molecular flexibility index (Phi) is 2.56. The van der Waals surface area contributed by atoms with Crippen molar-refractivity contribution in [2.24, 2.45) is 0 Å². The van der Waals surface area contributed by atoms with Crippen molar-refractivity contribution in [3.63, 3.8) is 0 Å². The monoisotopic (exact) mass is 241 g/mol. The van der Waals surface area contributed by atoms with E-state index in [-0.39, 0.29) is 13.1 Å². The normalized spacial score (nSPS) is 19.6. The zero-order chi connectivity index (χ0) is 11.8. The largest absolute Gasteiger partial charge is 0.399 e. The van der Waals surface area contributed by atoms with Gasteiger partial charge in [0.15, 0.2) is 0 Å². The van der Waals surface area contributed by atoms with Crippen LogP contribution in [0.25, 0.3) is 0 Å². The molecule has 0 saturated carbocycles. The van der Waals surface area contributed by atoms with Gasteiger partial charge >= 0.3 is 10.2 Å². The van der Waals surface area contributed by atoms with Gasteiger partial charge in [0.2, 0.25) is 5.91 Å². The van der Waals surface area contributed by atoms with Crippen LogP contribution in [-0.2, 0) is 21.5 Å². The maximum atomic E-state index is 11.4. The molecule has 1 fully saturated rings. The van der Waals surface area contributed by atoms with E-state index >= 15 is 0 Å². The van der Waals surface area contributed by atoms with Crippen LogP contribution in [0.15, 0.2) is 24.3 Å². The standard InChI is InChI=1S/C9H11N3O3S/c10-8-3-1-7(2-4-8)5-12-6-9(13)11-16(12,14)15/h1-4H,5-6,10H2,(H,11,13). The summed E-state index contributed by atoms with van der Waals surface area (Å²) in [5.41, 5.74) is 6.91. The second-order valence-corrected chi connectivity index (χ2v) is 5.21. The molecule has 2 rings (SSSR count). The number of hydrogen-bond acceptors (Lipinski definition) is 4. The molecule has 1 heterocycles. The number of benzene rings is 1. The van der Waals surface area contributed by atoms with Crippen LogP contribution < -0.4 is 10.5 Å². The third kappa shape index (κ3) is 2.15. The number of nitrogens with two attached hydrogens (primary N) is 1. The van der Waals surface area contributed by atoms with Gasteiger partial charge in [-0.25, -0.2) is 4.72 Å². The van der Waals surface area contributed by atoms with Gasteiger partial charge in [-0.1, -0.05) is 12.1 Å². The van der Waals surface area contributed by atoms with E-state index < -0.39 is 16.1 Å². The smallest absolute Gasteiger partial charge is 0.304 e. The number of nitrogens with zero attached hydrogens (tertiary/aromatic N) is 1. The molecule has 7 heteroatoms. The van der Waals surface area contributed by atoms with Crippen LogP contribution in [-0.4, -0.2) is 25.2 Å². The van der Waals surface area contributed by atoms with Gasteiger partial charge in [0, 0.05) is 12.2 Å². The molecular formula is C9H11N3O3S. The highest BCUT2D eigenvalue weighted by Crippen LogP contribution is 2.13. The number of anilines is 1. The maximum Gasteiger partial charge on any atom is 0.304 e. The second-order valence-electron chi connectivity index (χ2n) is 3.54. The number of amides is 1. The zero-order valence-corrected chi connectivity index (χ0v) is 9.20. The lowest BCUT2D eigenvalue weighted by atomic mass is 10.2. The van der Waals surface area contributed by atoms with Crippen LogP contribution in [0.4, 0.5) is 5.69 Å². The SMILES string of the molecule is Nc1ccc(CN2CC(=O)NS2(=O)=O)cc1. The number of carbonyl (C=O) groups is 1. The predicted octanol–water partition coefficient (Wildman–Crippen LogP) is -0.555. The molecular weight excluding hydrogens is 230 g/mol. The van der Waals surface area contributed by atoms with Crippen molar-refractivity contribution in [1.29, 1.82) is 0 Å². The summed E-state index contributed by atoms with van der Waals surface area (Å²) in [6, 6.07) is 6.84. The fourth-order valence-corrected chi connectivity index (χ4v) is 2.54. The van der Waals surface area contributed by atoms with Gasteiger partial charge in [0.25, 0.3) is 0 Å². The summed E-state index contributed by atoms with van der Waals surface area (Å²) in [5, 5.41) is 0. The summed E-state index contributed by atoms with van der Waals surface area (Å²) < 4.78 is 25.8. The van der Waals surface area contributed by atoms with Gasteiger partial charge in [-0.05, 0) is 17.7 Å². The molecule has 3 N–H and O–H groups in total. The van der Waals surface area contributed by atoms with E-state index in [0.29, 0.717) is 5.69 Å². The lowest BCUT2D eigenvalue weighted by Crippen LogP contribution is -2.29. The van der Waals surface area contributed by atoms with Crippen LogP contribution in [0.3, 0.4) is 0 Å². The van der Waals surface area contributed by atoms with Crippen molar-refractivity contribution in [1.82, 2.24) is 9.03 Å². The molecule has 1 saturated heterocycles. The molecule has 0 atom stereocenters. The first-order valence-corrected chi connectivity index (χ1v) is 6.06. The Labute approximate surface area is 93.2 Å². The summed E-state index contributed by atoms with van der Waals surface area (Å²) >= 11 is 0. The third-order valence-electron chi connectivity index (χ3n) is 2.24. The summed E-state index contributed by atoms with van der Waals surface area (Å²) in [6.45, 7) is 0.0358. The molecule has 1 aromatic carbocycles. The van der Waals surface area contributed by atoms with Crippen molar-refractivity contribution in [3.8, 4) is 0 Å². The number of rotatable bonds is 2. The molecule has 0 aliphatic carbocycles. The van der Waals surface area contributed by atoms with Crippen LogP contribution in [0.5, 0.6) is 0 Å². The van der Waals surface area contributed by atoms with E-state index in [1.807, 2.05) is 4.72 Å². The van der Waals surface area contributed by atoms with Gasteiger partial charge in [-0.2, -0.15) is 12.7 Å². The number of nitrogen functional groups attached to an aromatic ring is 1. The molecule has 0 spiro atoms. The number of hydrogen-bond donors (Lipinski definition) is 2. The Morgan fingerprint density at radius 1 is 1.31 bits per heavy atom. The molecule has 16 heavy (non-hydrogen) atoms. The Morgan fingerprint density at radius 3 is 2.44 bits per heavy atom. The molecule has 0 radical (unpaired) electrons. The molecule has 1 aromatic rings. The first-order valence-electron chi connectivity index (χ1n) is 4.62. The Morgan fingerprint density at radius 2 is 1.94 bits per heavy atom. The second kappa shape index (κ2) is 3.76. The van der Waals surface area contributed by atoms with E-state index in [2.05, 4.69) is 0 Å². The fourth-order valence-electron chi connectivity index (χ4n) is 1.45. The molecule has 0 bridgehead atoms. The van der Waals surface area contributed by atoms with Gasteiger partial charge in [0.1, 0.15) is 0 Å². The summed E-state index contributed by atoms with van der Waals surface area (Å²) in [4.78, 5) is 11.0. The summed E-state index contributed by atoms with van der Waals surface area (Å²) in [7, 11) is -3.64. The molecule has 0 aromatic heterocycles. The molecule has 0 unspecified atom stereocenters. The minimum absolute atomic E-state index is 0.132. The van der Waals surface area contributed by atoms with Crippen LogP contribution in [0, 0.1) is 0 Å². The number of carbonyl (C=O) groups excluding carboxylic acids is 1. The minimum atomic E-state index is -3.64. The molecule has 1 aliphatic rings. The molecule has 1 aliphatic heterocycles. The van der Waals surface area contributed by atoms with Crippen molar-refractivity contribution >= 4 is 21.8 Å². The predicted molar refractivity (Wildman–Crippen MR) is 58.3 cm³/mol. The molecule has 86 valence electrons. The number of nitrogens with one attached hydrogen (secondary N) is 1. The first kappa shape index (κ1) is 10.9. The topological polar surface area (TPSA) is 92.5 Å². The van der Waals surface area contributed by atoms with Crippen LogP contribution >= 0.6 is 0 Å². The van der Waals surface area contributed by atoms with Crippen LogP contribution in [0.1, 0.15) is 5.56 Å². The average Bonchev–Trinajstić information content (AvgIpc) is 2.43. The Bertz CT molecular complexity index is 509. The van der Waals surface area contributed by atoms with Crippen molar-refractivity contribution in [2.75, 3.05) is 12.3 Å². The van der Waals surface area contributed by atoms with Crippen LogP contribution in [0.2, 0.25) is 0 Å². The zero-order valence-electron chi connectivity index (χ0n) is 8.38. The van der Waals surface area contributed by atoms with Gasteiger partial charge in [-0.3, -0.25) is 4.79 Å². The van der Waals surface area contributed by atoms with Gasteiger partial charge in [-0.15, -0.1) is 0 Å². The quantitative estimate of drug-likeness (QED) is 0.679. The van der Waals surface area contributed by atoms with Gasteiger partial charge in [0.05, 0.1) is 6.54 Å². The van der Waals surface area contributed by atoms with Gasteiger partial charge < -0.3 is 5.73 Å². The molecule has 6 nitrogen and oxygen atoms in total. The lowest BCUT2D eigenvalue weighted by molar-refractivity contribution is -0.118. The Balaban J connectivity index is 2.16. The highest BCUT2D eigenvalue weighted by atomic mass is 32.2. The Hall–Kier alpha value is -1.60. The highest BCUT2D eigenvalue weighted by Gasteiger charge is 2.33. The van der Waals surface area contributed by atoms with Crippen molar-refractivity contribution < 1.29 is 13.2 Å². The fraction of sp³-hybridized carbons (Fsp3) is 0.222. The summed E-state index contributed by atoms with van der Waals surface area (Å²) in [5.74, 6) is -0.504.